The number of benzene rings is 1. The molecule has 1 amide bonds. The number of carbonyl (C=O) groups is 1. The average molecular weight is 374 g/mol. The fourth-order valence-corrected chi connectivity index (χ4v) is 3.27. The molecule has 1 aromatic carbocycles. The lowest BCUT2D eigenvalue weighted by Crippen LogP contribution is -2.29. The summed E-state index contributed by atoms with van der Waals surface area (Å²) in [5.41, 5.74) is -0.546. The molecule has 1 atom stereocenters. The van der Waals surface area contributed by atoms with Gasteiger partial charge >= 0.3 is 0 Å². The Morgan fingerprint density at radius 2 is 2.05 bits per heavy atom. The second-order valence-electron chi connectivity index (χ2n) is 4.57. The molecular weight excluding hydrogens is 360 g/mol. The van der Waals surface area contributed by atoms with E-state index in [2.05, 4.69) is 21.2 Å². The predicted octanol–water partition coefficient (Wildman–Crippen LogP) is 5.06. The molecule has 1 aromatic heterocycles. The molecule has 112 valence electrons. The van der Waals surface area contributed by atoms with E-state index in [9.17, 15) is 13.6 Å². The van der Waals surface area contributed by atoms with Gasteiger partial charge in [0.05, 0.1) is 6.04 Å². The minimum Gasteiger partial charge on any atom is -0.344 e. The lowest BCUT2D eigenvalue weighted by Gasteiger charge is -2.17. The van der Waals surface area contributed by atoms with E-state index < -0.39 is 23.1 Å². The molecule has 0 spiro atoms. The highest BCUT2D eigenvalue weighted by Crippen LogP contribution is 2.25. The third-order valence-electron chi connectivity index (χ3n) is 3.00. The average Bonchev–Trinajstić information content (AvgIpc) is 2.90. The Morgan fingerprint density at radius 3 is 2.57 bits per heavy atom. The highest BCUT2D eigenvalue weighted by molar-refractivity contribution is 9.10. The number of thiophene rings is 1. The highest BCUT2D eigenvalue weighted by atomic mass is 79.9. The summed E-state index contributed by atoms with van der Waals surface area (Å²) in [5.74, 6) is -2.48. The summed E-state index contributed by atoms with van der Waals surface area (Å²) in [4.78, 5) is 13.2. The lowest BCUT2D eigenvalue weighted by molar-refractivity contribution is 0.0926. The van der Waals surface area contributed by atoms with Crippen LogP contribution in [0.15, 0.2) is 34.1 Å². The van der Waals surface area contributed by atoms with E-state index in [-0.39, 0.29) is 10.5 Å². The van der Waals surface area contributed by atoms with Gasteiger partial charge < -0.3 is 5.32 Å². The smallest absolute Gasteiger partial charge is 0.257 e. The first kappa shape index (κ1) is 16.1. The number of nitrogens with one attached hydrogen (secondary N) is 1. The van der Waals surface area contributed by atoms with Crippen LogP contribution in [0.25, 0.3) is 0 Å². The van der Waals surface area contributed by atoms with Crippen LogP contribution in [-0.2, 0) is 0 Å². The van der Waals surface area contributed by atoms with Crippen molar-refractivity contribution < 1.29 is 13.6 Å². The highest BCUT2D eigenvalue weighted by Gasteiger charge is 2.22. The van der Waals surface area contributed by atoms with E-state index >= 15 is 0 Å². The van der Waals surface area contributed by atoms with Crippen molar-refractivity contribution in [2.24, 2.45) is 0 Å². The molecule has 0 saturated carbocycles. The fraction of sp³-hybridized carbons (Fsp3) is 0.267. The Labute approximate surface area is 134 Å². The number of hydrogen-bond acceptors (Lipinski definition) is 2. The van der Waals surface area contributed by atoms with E-state index in [1.165, 1.54) is 11.3 Å². The van der Waals surface area contributed by atoms with Gasteiger partial charge in [-0.05, 0) is 30.0 Å². The number of hydrogen-bond donors (Lipinski definition) is 1. The van der Waals surface area contributed by atoms with Gasteiger partial charge in [-0.2, -0.15) is 0 Å². The van der Waals surface area contributed by atoms with Crippen molar-refractivity contribution in [2.75, 3.05) is 0 Å². The summed E-state index contributed by atoms with van der Waals surface area (Å²) in [6, 6.07) is 5.72. The van der Waals surface area contributed by atoms with Crippen LogP contribution in [0.2, 0.25) is 0 Å². The van der Waals surface area contributed by atoms with Gasteiger partial charge in [-0.1, -0.05) is 35.3 Å². The molecule has 1 heterocycles. The first-order valence-corrected chi connectivity index (χ1v) is 8.19. The summed E-state index contributed by atoms with van der Waals surface area (Å²) in [6.07, 6.45) is 1.57. The van der Waals surface area contributed by atoms with E-state index in [1.807, 2.05) is 24.4 Å². The molecule has 6 heteroatoms. The standard InChI is InChI=1S/C15H14BrF2NOS/c1-2-4-12(13-5-3-6-21-13)19-15(20)14-10(17)7-9(16)8-11(14)18/h3,5-8,12H,2,4H2,1H3,(H,19,20). The van der Waals surface area contributed by atoms with E-state index in [0.717, 1.165) is 23.4 Å². The minimum atomic E-state index is -0.874. The predicted molar refractivity (Wildman–Crippen MR) is 83.5 cm³/mol. The SMILES string of the molecule is CCCC(NC(=O)c1c(F)cc(Br)cc1F)c1cccs1. The number of amides is 1. The zero-order valence-electron chi connectivity index (χ0n) is 11.3. The molecule has 21 heavy (non-hydrogen) atoms. The number of carbonyl (C=O) groups excluding carboxylic acids is 1. The van der Waals surface area contributed by atoms with Gasteiger partial charge in [-0.3, -0.25) is 4.79 Å². The monoisotopic (exact) mass is 373 g/mol. The lowest BCUT2D eigenvalue weighted by atomic mass is 10.1. The van der Waals surface area contributed by atoms with Gasteiger partial charge in [0.2, 0.25) is 0 Å². The topological polar surface area (TPSA) is 29.1 Å². The molecule has 0 saturated heterocycles. The summed E-state index contributed by atoms with van der Waals surface area (Å²) >= 11 is 4.50. The van der Waals surface area contributed by atoms with Gasteiger partial charge in [0.15, 0.2) is 0 Å². The Kier molecular flexibility index (Phi) is 5.47. The summed E-state index contributed by atoms with van der Waals surface area (Å²) in [6.45, 7) is 1.99. The van der Waals surface area contributed by atoms with Crippen LogP contribution in [0.1, 0.15) is 41.0 Å². The zero-order valence-corrected chi connectivity index (χ0v) is 13.7. The molecule has 0 aliphatic heterocycles. The van der Waals surface area contributed by atoms with Crippen molar-refractivity contribution >= 4 is 33.2 Å². The van der Waals surface area contributed by atoms with Gasteiger partial charge in [-0.15, -0.1) is 11.3 Å². The molecule has 2 aromatic rings. The fourth-order valence-electron chi connectivity index (χ4n) is 2.05. The van der Waals surface area contributed by atoms with E-state index in [4.69, 9.17) is 0 Å². The van der Waals surface area contributed by atoms with Crippen molar-refractivity contribution in [2.45, 2.75) is 25.8 Å². The number of halogens is 3. The number of rotatable bonds is 5. The summed E-state index contributed by atoms with van der Waals surface area (Å²) < 4.78 is 27.9. The quantitative estimate of drug-likeness (QED) is 0.779. The molecule has 0 bridgehead atoms. The third-order valence-corrected chi connectivity index (χ3v) is 4.45. The van der Waals surface area contributed by atoms with Crippen LogP contribution in [0.5, 0.6) is 0 Å². The maximum Gasteiger partial charge on any atom is 0.257 e. The van der Waals surface area contributed by atoms with E-state index in [1.54, 1.807) is 0 Å². The first-order valence-electron chi connectivity index (χ1n) is 6.51. The van der Waals surface area contributed by atoms with Gasteiger partial charge in [0, 0.05) is 9.35 Å². The van der Waals surface area contributed by atoms with Crippen molar-refractivity contribution in [3.8, 4) is 0 Å². The Bertz CT molecular complexity index is 608. The molecule has 2 rings (SSSR count). The molecule has 0 aliphatic carbocycles. The van der Waals surface area contributed by atoms with Crippen LogP contribution < -0.4 is 5.32 Å². The Balaban J connectivity index is 2.24. The van der Waals surface area contributed by atoms with Crippen LogP contribution in [-0.4, -0.2) is 5.91 Å². The molecule has 2 nitrogen and oxygen atoms in total. The van der Waals surface area contributed by atoms with Gasteiger partial charge in [-0.25, -0.2) is 8.78 Å². The van der Waals surface area contributed by atoms with Crippen LogP contribution in [0.3, 0.4) is 0 Å². The van der Waals surface area contributed by atoms with Gasteiger partial charge in [0.25, 0.3) is 5.91 Å². The molecule has 0 fully saturated rings. The largest absolute Gasteiger partial charge is 0.344 e. The van der Waals surface area contributed by atoms with Crippen LogP contribution in [0, 0.1) is 11.6 Å². The van der Waals surface area contributed by atoms with Crippen LogP contribution in [0.4, 0.5) is 8.78 Å². The van der Waals surface area contributed by atoms with Gasteiger partial charge in [0.1, 0.15) is 17.2 Å². The Morgan fingerprint density at radius 1 is 1.38 bits per heavy atom. The maximum absolute atomic E-state index is 13.8. The molecular formula is C15H14BrF2NOS. The molecule has 1 unspecified atom stereocenters. The minimum absolute atomic E-state index is 0.232. The van der Waals surface area contributed by atoms with Crippen molar-refractivity contribution in [3.05, 3.63) is 56.2 Å². The first-order chi connectivity index (χ1) is 10.0. The van der Waals surface area contributed by atoms with Crippen molar-refractivity contribution in [1.82, 2.24) is 5.32 Å². The van der Waals surface area contributed by atoms with Crippen molar-refractivity contribution in [3.63, 3.8) is 0 Å². The van der Waals surface area contributed by atoms with E-state index in [0.29, 0.717) is 6.42 Å². The molecule has 0 radical (unpaired) electrons. The Hall–Kier alpha value is -1.27. The summed E-state index contributed by atoms with van der Waals surface area (Å²) in [7, 11) is 0. The summed E-state index contributed by atoms with van der Waals surface area (Å²) in [5, 5.41) is 4.62. The molecule has 0 aliphatic rings. The maximum atomic E-state index is 13.8. The normalized spacial score (nSPS) is 12.2. The third kappa shape index (κ3) is 3.89. The second kappa shape index (κ2) is 7.13. The molecule has 1 N–H and O–H groups in total. The zero-order chi connectivity index (χ0) is 15.4. The van der Waals surface area contributed by atoms with Crippen molar-refractivity contribution in [1.29, 1.82) is 0 Å². The second-order valence-corrected chi connectivity index (χ2v) is 6.47. The van der Waals surface area contributed by atoms with Crippen LogP contribution >= 0.6 is 27.3 Å².